The molecule has 0 fully saturated rings. The van der Waals surface area contributed by atoms with Crippen LogP contribution in [-0.4, -0.2) is 22.9 Å². The number of hydrogen-bond donors (Lipinski definition) is 2. The van der Waals surface area contributed by atoms with E-state index in [0.29, 0.717) is 12.1 Å². The van der Waals surface area contributed by atoms with Crippen LogP contribution in [-0.2, 0) is 11.2 Å². The molecule has 0 aliphatic carbocycles. The molecule has 0 aromatic carbocycles. The van der Waals surface area contributed by atoms with E-state index in [9.17, 15) is 4.79 Å². The average molecular weight is 221 g/mol. The minimum Gasteiger partial charge on any atom is -0.398 e. The van der Waals surface area contributed by atoms with Crippen molar-refractivity contribution >= 4 is 11.5 Å². The zero-order valence-electron chi connectivity index (χ0n) is 10.1. The van der Waals surface area contributed by atoms with Crippen molar-refractivity contribution in [1.29, 1.82) is 0 Å². The first kappa shape index (κ1) is 12.6. The summed E-state index contributed by atoms with van der Waals surface area (Å²) in [6, 6.07) is 1.71. The van der Waals surface area contributed by atoms with Crippen molar-refractivity contribution in [3.63, 3.8) is 0 Å². The number of carbonyl (C=O) groups is 1. The Kier molecular flexibility index (Phi) is 4.01. The third-order valence-corrected chi connectivity index (χ3v) is 2.61. The van der Waals surface area contributed by atoms with E-state index in [1.165, 1.54) is 0 Å². The second-order valence-corrected chi connectivity index (χ2v) is 4.33. The van der Waals surface area contributed by atoms with Crippen molar-refractivity contribution in [3.8, 4) is 0 Å². The van der Waals surface area contributed by atoms with Gasteiger partial charge in [0.25, 0.3) is 0 Å². The lowest BCUT2D eigenvalue weighted by atomic mass is 9.93. The van der Waals surface area contributed by atoms with Gasteiger partial charge in [-0.25, -0.2) is 0 Å². The van der Waals surface area contributed by atoms with E-state index in [2.05, 4.69) is 10.3 Å². The lowest BCUT2D eigenvalue weighted by Crippen LogP contribution is -2.47. The predicted octanol–water partition coefficient (Wildman–Crippen LogP) is 1.16. The van der Waals surface area contributed by atoms with Crippen molar-refractivity contribution in [2.45, 2.75) is 32.7 Å². The van der Waals surface area contributed by atoms with E-state index in [1.807, 2.05) is 20.8 Å². The molecule has 88 valence electrons. The molecule has 0 atom stereocenters. The zero-order valence-corrected chi connectivity index (χ0v) is 10.1. The number of nitrogen functional groups attached to an aromatic ring is 1. The molecule has 0 spiro atoms. The summed E-state index contributed by atoms with van der Waals surface area (Å²) in [5, 5.41) is 3.15. The van der Waals surface area contributed by atoms with Gasteiger partial charge in [-0.1, -0.05) is 6.92 Å². The largest absolute Gasteiger partial charge is 0.398 e. The maximum Gasteiger partial charge on any atom is 0.156 e. The number of pyridine rings is 1. The average Bonchev–Trinajstić information content (AvgIpc) is 2.21. The molecule has 0 aliphatic rings. The normalized spacial score (nSPS) is 11.4. The van der Waals surface area contributed by atoms with E-state index >= 15 is 0 Å². The summed E-state index contributed by atoms with van der Waals surface area (Å²) in [5.41, 5.74) is 6.67. The number of likely N-dealkylation sites (N-methyl/N-ethyl adjacent to an activating group) is 1. The molecule has 4 nitrogen and oxygen atoms in total. The third-order valence-electron chi connectivity index (χ3n) is 2.61. The fourth-order valence-corrected chi connectivity index (χ4v) is 1.52. The first-order valence-electron chi connectivity index (χ1n) is 5.44. The van der Waals surface area contributed by atoms with Gasteiger partial charge in [0.2, 0.25) is 0 Å². The highest BCUT2D eigenvalue weighted by Gasteiger charge is 2.26. The van der Waals surface area contributed by atoms with Gasteiger partial charge in [0.15, 0.2) is 5.78 Å². The van der Waals surface area contributed by atoms with Crippen LogP contribution in [0.5, 0.6) is 0 Å². The van der Waals surface area contributed by atoms with Crippen molar-refractivity contribution in [2.75, 3.05) is 12.3 Å². The highest BCUT2D eigenvalue weighted by molar-refractivity contribution is 5.90. The summed E-state index contributed by atoms with van der Waals surface area (Å²) in [4.78, 5) is 16.0. The second kappa shape index (κ2) is 5.07. The Labute approximate surface area is 96.3 Å². The summed E-state index contributed by atoms with van der Waals surface area (Å²) in [6.45, 7) is 6.51. The summed E-state index contributed by atoms with van der Waals surface area (Å²) in [5.74, 6) is 0.119. The van der Waals surface area contributed by atoms with Gasteiger partial charge in [-0.2, -0.15) is 0 Å². The maximum atomic E-state index is 12.0. The fraction of sp³-hybridized carbons (Fsp3) is 0.500. The fourth-order valence-electron chi connectivity index (χ4n) is 1.52. The number of hydrogen-bond acceptors (Lipinski definition) is 4. The van der Waals surface area contributed by atoms with Crippen LogP contribution in [0.3, 0.4) is 0 Å². The monoisotopic (exact) mass is 221 g/mol. The molecule has 0 radical (unpaired) electrons. The van der Waals surface area contributed by atoms with E-state index in [1.54, 1.807) is 18.5 Å². The molecule has 0 saturated carbocycles. The van der Waals surface area contributed by atoms with Gasteiger partial charge in [0, 0.05) is 30.1 Å². The molecular formula is C12H19N3O. The summed E-state index contributed by atoms with van der Waals surface area (Å²) in [6.07, 6.45) is 3.59. The number of ketones is 1. The predicted molar refractivity (Wildman–Crippen MR) is 65.1 cm³/mol. The lowest BCUT2D eigenvalue weighted by Gasteiger charge is -2.24. The molecular weight excluding hydrogens is 202 g/mol. The van der Waals surface area contributed by atoms with E-state index in [4.69, 9.17) is 5.73 Å². The van der Waals surface area contributed by atoms with Crippen LogP contribution in [0.1, 0.15) is 26.3 Å². The van der Waals surface area contributed by atoms with Crippen molar-refractivity contribution in [3.05, 3.63) is 24.0 Å². The quantitative estimate of drug-likeness (QED) is 0.783. The van der Waals surface area contributed by atoms with Crippen molar-refractivity contribution in [1.82, 2.24) is 10.3 Å². The van der Waals surface area contributed by atoms with Crippen LogP contribution < -0.4 is 11.1 Å². The SMILES string of the molecule is CCNC(C)(C)C(=O)Cc1cnccc1N. The molecule has 1 aromatic heterocycles. The number of aromatic nitrogens is 1. The van der Waals surface area contributed by atoms with Gasteiger partial charge in [-0.05, 0) is 26.5 Å². The van der Waals surface area contributed by atoms with Gasteiger partial charge in [-0.15, -0.1) is 0 Å². The third kappa shape index (κ3) is 3.03. The number of rotatable bonds is 5. The highest BCUT2D eigenvalue weighted by atomic mass is 16.1. The Morgan fingerprint density at radius 2 is 2.25 bits per heavy atom. The maximum absolute atomic E-state index is 12.0. The summed E-state index contributed by atoms with van der Waals surface area (Å²) >= 11 is 0. The molecule has 16 heavy (non-hydrogen) atoms. The van der Waals surface area contributed by atoms with Gasteiger partial charge < -0.3 is 11.1 Å². The molecule has 0 bridgehead atoms. The molecule has 4 heteroatoms. The Balaban J connectivity index is 2.75. The summed E-state index contributed by atoms with van der Waals surface area (Å²) < 4.78 is 0. The number of nitrogens with one attached hydrogen (secondary N) is 1. The van der Waals surface area contributed by atoms with Crippen LogP contribution in [0.4, 0.5) is 5.69 Å². The first-order valence-corrected chi connectivity index (χ1v) is 5.44. The zero-order chi connectivity index (χ0) is 12.2. The second-order valence-electron chi connectivity index (χ2n) is 4.33. The molecule has 3 N–H and O–H groups in total. The highest BCUT2D eigenvalue weighted by Crippen LogP contribution is 2.14. The molecule has 1 rings (SSSR count). The molecule has 0 amide bonds. The molecule has 1 aromatic rings. The number of Topliss-reactive ketones (excluding diaryl/α,β-unsaturated/α-hetero) is 1. The minimum atomic E-state index is -0.517. The smallest absolute Gasteiger partial charge is 0.156 e. The molecule has 0 unspecified atom stereocenters. The van der Waals surface area contributed by atoms with E-state index in [-0.39, 0.29) is 5.78 Å². The van der Waals surface area contributed by atoms with Crippen LogP contribution in [0.2, 0.25) is 0 Å². The standard InChI is InChI=1S/C12H19N3O/c1-4-15-12(2,3)11(16)7-9-8-14-6-5-10(9)13/h5-6,8,15H,4,7H2,1-3H3,(H2,13,14). The van der Waals surface area contributed by atoms with E-state index < -0.39 is 5.54 Å². The molecule has 0 aliphatic heterocycles. The van der Waals surface area contributed by atoms with Gasteiger partial charge in [-0.3, -0.25) is 9.78 Å². The minimum absolute atomic E-state index is 0.119. The van der Waals surface area contributed by atoms with Gasteiger partial charge in [0.1, 0.15) is 0 Å². The Morgan fingerprint density at radius 1 is 1.56 bits per heavy atom. The Hall–Kier alpha value is -1.42. The number of carbonyl (C=O) groups excluding carboxylic acids is 1. The van der Waals surface area contributed by atoms with Crippen LogP contribution in [0, 0.1) is 0 Å². The van der Waals surface area contributed by atoms with Crippen LogP contribution in [0.15, 0.2) is 18.5 Å². The van der Waals surface area contributed by atoms with Crippen LogP contribution >= 0.6 is 0 Å². The molecule has 1 heterocycles. The van der Waals surface area contributed by atoms with Gasteiger partial charge in [0.05, 0.1) is 5.54 Å². The number of nitrogens with two attached hydrogens (primary N) is 1. The number of anilines is 1. The molecule has 0 saturated heterocycles. The van der Waals surface area contributed by atoms with Crippen LogP contribution in [0.25, 0.3) is 0 Å². The van der Waals surface area contributed by atoms with Crippen molar-refractivity contribution in [2.24, 2.45) is 0 Å². The van der Waals surface area contributed by atoms with E-state index in [0.717, 1.165) is 12.1 Å². The lowest BCUT2D eigenvalue weighted by molar-refractivity contribution is -0.123. The number of nitrogens with zero attached hydrogens (tertiary/aromatic N) is 1. The summed E-state index contributed by atoms with van der Waals surface area (Å²) in [7, 11) is 0. The van der Waals surface area contributed by atoms with Gasteiger partial charge >= 0.3 is 0 Å². The first-order chi connectivity index (χ1) is 7.47. The Morgan fingerprint density at radius 3 is 2.81 bits per heavy atom. The van der Waals surface area contributed by atoms with Crippen molar-refractivity contribution < 1.29 is 4.79 Å². The topological polar surface area (TPSA) is 68.0 Å². The Bertz CT molecular complexity index is 374.